The second-order valence-electron chi connectivity index (χ2n) is 4.90. The molecular formula is C12H19N3O. The second-order valence-corrected chi connectivity index (χ2v) is 4.90. The summed E-state index contributed by atoms with van der Waals surface area (Å²) < 4.78 is 0. The SMILES string of the molecule is CCc1nnc(C)cc1C(=O)NC(C)(C)C. The maximum absolute atomic E-state index is 12.0. The summed E-state index contributed by atoms with van der Waals surface area (Å²) in [6, 6.07) is 1.78. The minimum atomic E-state index is -0.237. The molecule has 88 valence electrons. The van der Waals surface area contributed by atoms with Crippen molar-refractivity contribution in [1.29, 1.82) is 0 Å². The summed E-state index contributed by atoms with van der Waals surface area (Å²) in [5.74, 6) is -0.0812. The highest BCUT2D eigenvalue weighted by molar-refractivity contribution is 5.95. The van der Waals surface area contributed by atoms with Crippen molar-refractivity contribution in [3.63, 3.8) is 0 Å². The van der Waals surface area contributed by atoms with E-state index in [0.29, 0.717) is 12.0 Å². The molecule has 1 rings (SSSR count). The van der Waals surface area contributed by atoms with E-state index in [1.807, 2.05) is 34.6 Å². The standard InChI is InChI=1S/C12H19N3O/c1-6-10-9(7-8(2)14-15-10)11(16)13-12(3,4)5/h7H,6H2,1-5H3,(H,13,16). The van der Waals surface area contributed by atoms with Gasteiger partial charge in [0.2, 0.25) is 0 Å². The zero-order valence-corrected chi connectivity index (χ0v) is 10.6. The number of carbonyl (C=O) groups is 1. The van der Waals surface area contributed by atoms with E-state index >= 15 is 0 Å². The van der Waals surface area contributed by atoms with Crippen LogP contribution in [0.4, 0.5) is 0 Å². The average molecular weight is 221 g/mol. The Hall–Kier alpha value is -1.45. The first kappa shape index (κ1) is 12.6. The van der Waals surface area contributed by atoms with E-state index in [0.717, 1.165) is 11.4 Å². The van der Waals surface area contributed by atoms with Gasteiger partial charge in [-0.2, -0.15) is 10.2 Å². The van der Waals surface area contributed by atoms with Crippen LogP contribution in [0.15, 0.2) is 6.07 Å². The van der Waals surface area contributed by atoms with Gasteiger partial charge < -0.3 is 5.32 Å². The van der Waals surface area contributed by atoms with Gasteiger partial charge in [0.25, 0.3) is 5.91 Å². The molecule has 0 bridgehead atoms. The summed E-state index contributed by atoms with van der Waals surface area (Å²) >= 11 is 0. The molecule has 1 N–H and O–H groups in total. The Kier molecular flexibility index (Phi) is 3.62. The minimum Gasteiger partial charge on any atom is -0.347 e. The highest BCUT2D eigenvalue weighted by Crippen LogP contribution is 2.09. The van der Waals surface area contributed by atoms with Crippen LogP contribution in [0.1, 0.15) is 49.4 Å². The van der Waals surface area contributed by atoms with E-state index < -0.39 is 0 Å². The lowest BCUT2D eigenvalue weighted by Crippen LogP contribution is -2.41. The summed E-state index contributed by atoms with van der Waals surface area (Å²) in [5, 5.41) is 10.9. The van der Waals surface area contributed by atoms with Gasteiger partial charge in [0.05, 0.1) is 17.0 Å². The summed E-state index contributed by atoms with van der Waals surface area (Å²) in [7, 11) is 0. The Bertz CT molecular complexity index is 394. The van der Waals surface area contributed by atoms with E-state index in [4.69, 9.17) is 0 Å². The fourth-order valence-corrected chi connectivity index (χ4v) is 1.38. The van der Waals surface area contributed by atoms with E-state index in [-0.39, 0.29) is 11.4 Å². The molecule has 0 atom stereocenters. The van der Waals surface area contributed by atoms with Gasteiger partial charge in [0.1, 0.15) is 0 Å². The Morgan fingerprint density at radius 2 is 2.00 bits per heavy atom. The lowest BCUT2D eigenvalue weighted by molar-refractivity contribution is 0.0918. The van der Waals surface area contributed by atoms with E-state index in [9.17, 15) is 4.79 Å². The molecule has 0 aliphatic heterocycles. The Balaban J connectivity index is 3.02. The number of rotatable bonds is 2. The largest absolute Gasteiger partial charge is 0.347 e. The van der Waals surface area contributed by atoms with Gasteiger partial charge in [-0.15, -0.1) is 0 Å². The Morgan fingerprint density at radius 3 is 2.50 bits per heavy atom. The molecule has 0 radical (unpaired) electrons. The molecule has 0 unspecified atom stereocenters. The number of aromatic nitrogens is 2. The zero-order chi connectivity index (χ0) is 12.3. The lowest BCUT2D eigenvalue weighted by Gasteiger charge is -2.21. The molecular weight excluding hydrogens is 202 g/mol. The number of aryl methyl sites for hydroxylation is 2. The van der Waals surface area contributed by atoms with Crippen molar-refractivity contribution in [2.45, 2.75) is 46.6 Å². The van der Waals surface area contributed by atoms with E-state index in [1.54, 1.807) is 6.07 Å². The number of carbonyl (C=O) groups excluding carboxylic acids is 1. The third kappa shape index (κ3) is 3.29. The predicted octanol–water partition coefficient (Wildman–Crippen LogP) is 1.88. The van der Waals surface area contributed by atoms with Crippen LogP contribution in [0.25, 0.3) is 0 Å². The van der Waals surface area contributed by atoms with Crippen molar-refractivity contribution >= 4 is 5.91 Å². The fourth-order valence-electron chi connectivity index (χ4n) is 1.38. The molecule has 0 fully saturated rings. The van der Waals surface area contributed by atoms with Crippen LogP contribution in [0.3, 0.4) is 0 Å². The smallest absolute Gasteiger partial charge is 0.253 e. The van der Waals surface area contributed by atoms with Gasteiger partial charge in [0, 0.05) is 5.54 Å². The van der Waals surface area contributed by atoms with Gasteiger partial charge in [-0.3, -0.25) is 4.79 Å². The number of nitrogens with zero attached hydrogens (tertiary/aromatic N) is 2. The van der Waals surface area contributed by atoms with Crippen molar-refractivity contribution in [2.75, 3.05) is 0 Å². The van der Waals surface area contributed by atoms with Crippen LogP contribution in [0, 0.1) is 6.92 Å². The Morgan fingerprint density at radius 1 is 1.38 bits per heavy atom. The van der Waals surface area contributed by atoms with Crippen molar-refractivity contribution < 1.29 is 4.79 Å². The molecule has 1 aromatic heterocycles. The van der Waals surface area contributed by atoms with Crippen molar-refractivity contribution in [1.82, 2.24) is 15.5 Å². The maximum atomic E-state index is 12.0. The number of amides is 1. The number of hydrogen-bond donors (Lipinski definition) is 1. The van der Waals surface area contributed by atoms with Crippen LogP contribution in [-0.2, 0) is 6.42 Å². The summed E-state index contributed by atoms with van der Waals surface area (Å²) in [6.45, 7) is 9.67. The first-order chi connectivity index (χ1) is 7.33. The van der Waals surface area contributed by atoms with Crippen molar-refractivity contribution in [2.24, 2.45) is 0 Å². The van der Waals surface area contributed by atoms with Gasteiger partial charge in [-0.1, -0.05) is 6.92 Å². The molecule has 1 amide bonds. The summed E-state index contributed by atoms with van der Waals surface area (Å²) in [6.07, 6.45) is 0.709. The lowest BCUT2D eigenvalue weighted by atomic mass is 10.1. The predicted molar refractivity (Wildman–Crippen MR) is 63.4 cm³/mol. The van der Waals surface area contributed by atoms with Crippen LogP contribution < -0.4 is 5.32 Å². The molecule has 0 aliphatic rings. The summed E-state index contributed by atoms with van der Waals surface area (Å²) in [5.41, 5.74) is 1.90. The number of hydrogen-bond acceptors (Lipinski definition) is 3. The molecule has 0 spiro atoms. The molecule has 16 heavy (non-hydrogen) atoms. The summed E-state index contributed by atoms with van der Waals surface area (Å²) in [4.78, 5) is 12.0. The van der Waals surface area contributed by atoms with E-state index in [1.165, 1.54) is 0 Å². The van der Waals surface area contributed by atoms with Crippen LogP contribution in [-0.4, -0.2) is 21.6 Å². The topological polar surface area (TPSA) is 54.9 Å². The van der Waals surface area contributed by atoms with Gasteiger partial charge in [-0.25, -0.2) is 0 Å². The van der Waals surface area contributed by atoms with Gasteiger partial charge >= 0.3 is 0 Å². The zero-order valence-electron chi connectivity index (χ0n) is 10.6. The van der Waals surface area contributed by atoms with Gasteiger partial charge in [0.15, 0.2) is 0 Å². The minimum absolute atomic E-state index is 0.0812. The number of nitrogens with one attached hydrogen (secondary N) is 1. The van der Waals surface area contributed by atoms with Crippen molar-refractivity contribution in [3.05, 3.63) is 23.0 Å². The first-order valence-corrected chi connectivity index (χ1v) is 5.49. The van der Waals surface area contributed by atoms with Crippen LogP contribution in [0.5, 0.6) is 0 Å². The third-order valence-electron chi connectivity index (χ3n) is 2.06. The molecule has 0 aromatic carbocycles. The highest BCUT2D eigenvalue weighted by atomic mass is 16.1. The molecule has 0 saturated carbocycles. The maximum Gasteiger partial charge on any atom is 0.253 e. The fraction of sp³-hybridized carbons (Fsp3) is 0.583. The van der Waals surface area contributed by atoms with Crippen molar-refractivity contribution in [3.8, 4) is 0 Å². The Labute approximate surface area is 96.5 Å². The monoisotopic (exact) mass is 221 g/mol. The molecule has 1 aromatic rings. The molecule has 1 heterocycles. The molecule has 4 heteroatoms. The first-order valence-electron chi connectivity index (χ1n) is 5.49. The quantitative estimate of drug-likeness (QED) is 0.829. The third-order valence-corrected chi connectivity index (χ3v) is 2.06. The molecule has 0 saturated heterocycles. The second kappa shape index (κ2) is 4.60. The molecule has 4 nitrogen and oxygen atoms in total. The highest BCUT2D eigenvalue weighted by Gasteiger charge is 2.18. The average Bonchev–Trinajstić information content (AvgIpc) is 2.15. The normalized spacial score (nSPS) is 11.3. The van der Waals surface area contributed by atoms with E-state index in [2.05, 4.69) is 15.5 Å². The molecule has 0 aliphatic carbocycles. The van der Waals surface area contributed by atoms with Gasteiger partial charge in [-0.05, 0) is 40.2 Å². The van der Waals surface area contributed by atoms with Crippen LogP contribution in [0.2, 0.25) is 0 Å². The van der Waals surface area contributed by atoms with Crippen LogP contribution >= 0.6 is 0 Å².